The highest BCUT2D eigenvalue weighted by molar-refractivity contribution is 7.19. The summed E-state index contributed by atoms with van der Waals surface area (Å²) in [7, 11) is 0. The summed E-state index contributed by atoms with van der Waals surface area (Å²) in [6, 6.07) is 0. The van der Waals surface area contributed by atoms with E-state index in [9.17, 15) is 4.79 Å². The standard InChI is InChI=1S/C22H27N5OS/c1-3-13-15(21(28)27-26-16(13)4-2)11-23-20-18-14-7-5-6-8-17(14)29-22(18)25-19(24-20)12-9-10-12/h12H,3-11H2,1-2H3,(H,27,28)(H,23,24,25). The van der Waals surface area contributed by atoms with Crippen molar-refractivity contribution >= 4 is 27.4 Å². The van der Waals surface area contributed by atoms with E-state index in [1.165, 1.54) is 41.5 Å². The molecule has 0 amide bonds. The Morgan fingerprint density at radius 2 is 1.93 bits per heavy atom. The van der Waals surface area contributed by atoms with Gasteiger partial charge in [-0.3, -0.25) is 4.79 Å². The zero-order valence-corrected chi connectivity index (χ0v) is 17.9. The molecular formula is C22H27N5OS. The van der Waals surface area contributed by atoms with Crippen LogP contribution in [0.1, 0.15) is 78.5 Å². The van der Waals surface area contributed by atoms with Crippen LogP contribution in [0.3, 0.4) is 0 Å². The number of H-pyrrole nitrogens is 1. The zero-order chi connectivity index (χ0) is 20.0. The molecule has 1 fully saturated rings. The number of fused-ring (bicyclic) bond motifs is 3. The molecule has 0 bridgehead atoms. The summed E-state index contributed by atoms with van der Waals surface area (Å²) in [6.07, 6.45) is 8.72. The first-order chi connectivity index (χ1) is 14.2. The van der Waals surface area contributed by atoms with Gasteiger partial charge in [0.2, 0.25) is 0 Å². The van der Waals surface area contributed by atoms with Gasteiger partial charge in [-0.1, -0.05) is 13.8 Å². The number of aryl methyl sites for hydroxylation is 3. The SMILES string of the molecule is CCc1n[nH]c(=O)c(CNc2nc(C3CC3)nc3sc4c(c23)CCCC4)c1CC. The Bertz CT molecular complexity index is 1130. The van der Waals surface area contributed by atoms with Crippen LogP contribution in [0.25, 0.3) is 10.2 Å². The van der Waals surface area contributed by atoms with Crippen LogP contribution in [0.15, 0.2) is 4.79 Å². The highest BCUT2D eigenvalue weighted by Gasteiger charge is 2.29. The number of anilines is 1. The van der Waals surface area contributed by atoms with Crippen LogP contribution in [-0.4, -0.2) is 20.2 Å². The predicted molar refractivity (Wildman–Crippen MR) is 117 cm³/mol. The fourth-order valence-electron chi connectivity index (χ4n) is 4.46. The van der Waals surface area contributed by atoms with Gasteiger partial charge in [0, 0.05) is 22.9 Å². The maximum Gasteiger partial charge on any atom is 0.269 e. The predicted octanol–water partition coefficient (Wildman–Crippen LogP) is 4.27. The molecule has 3 heterocycles. The van der Waals surface area contributed by atoms with Crippen LogP contribution in [-0.2, 0) is 32.2 Å². The van der Waals surface area contributed by atoms with E-state index in [1.54, 1.807) is 0 Å². The van der Waals surface area contributed by atoms with Crippen molar-refractivity contribution in [3.63, 3.8) is 0 Å². The largest absolute Gasteiger partial charge is 0.365 e. The van der Waals surface area contributed by atoms with Crippen LogP contribution in [0.4, 0.5) is 5.82 Å². The molecule has 0 saturated heterocycles. The minimum Gasteiger partial charge on any atom is -0.365 e. The molecule has 0 radical (unpaired) electrons. The number of nitrogens with zero attached hydrogens (tertiary/aromatic N) is 3. The highest BCUT2D eigenvalue weighted by Crippen LogP contribution is 2.43. The molecule has 3 aromatic rings. The van der Waals surface area contributed by atoms with Gasteiger partial charge in [0.1, 0.15) is 16.5 Å². The Hall–Kier alpha value is -2.28. The van der Waals surface area contributed by atoms with Gasteiger partial charge in [0.15, 0.2) is 0 Å². The number of aromatic amines is 1. The maximum atomic E-state index is 12.5. The molecule has 0 aromatic carbocycles. The molecule has 152 valence electrons. The maximum absolute atomic E-state index is 12.5. The van der Waals surface area contributed by atoms with Crippen LogP contribution in [0, 0.1) is 0 Å². The van der Waals surface area contributed by atoms with E-state index in [1.807, 2.05) is 11.3 Å². The van der Waals surface area contributed by atoms with Crippen molar-refractivity contribution in [1.82, 2.24) is 20.2 Å². The minimum atomic E-state index is -0.105. The average Bonchev–Trinajstić information content (AvgIpc) is 3.52. The van der Waals surface area contributed by atoms with Gasteiger partial charge in [-0.25, -0.2) is 15.1 Å². The number of hydrogen-bond acceptors (Lipinski definition) is 6. The summed E-state index contributed by atoms with van der Waals surface area (Å²) >= 11 is 1.84. The second kappa shape index (κ2) is 7.52. The van der Waals surface area contributed by atoms with E-state index in [2.05, 4.69) is 29.4 Å². The van der Waals surface area contributed by atoms with Crippen LogP contribution < -0.4 is 10.9 Å². The first kappa shape index (κ1) is 18.7. The van der Waals surface area contributed by atoms with E-state index in [0.717, 1.165) is 59.0 Å². The Morgan fingerprint density at radius 1 is 1.10 bits per heavy atom. The van der Waals surface area contributed by atoms with Gasteiger partial charge < -0.3 is 5.32 Å². The molecule has 29 heavy (non-hydrogen) atoms. The number of thiophene rings is 1. The van der Waals surface area contributed by atoms with Crippen molar-refractivity contribution in [2.24, 2.45) is 0 Å². The summed E-state index contributed by atoms with van der Waals surface area (Å²) in [4.78, 5) is 25.0. The minimum absolute atomic E-state index is 0.105. The quantitative estimate of drug-likeness (QED) is 0.635. The molecule has 3 aromatic heterocycles. The molecule has 6 nitrogen and oxygen atoms in total. The van der Waals surface area contributed by atoms with E-state index in [0.29, 0.717) is 12.5 Å². The Labute approximate surface area is 174 Å². The van der Waals surface area contributed by atoms with Crippen molar-refractivity contribution in [3.8, 4) is 0 Å². The van der Waals surface area contributed by atoms with Crippen molar-refractivity contribution < 1.29 is 0 Å². The van der Waals surface area contributed by atoms with Crippen molar-refractivity contribution in [1.29, 1.82) is 0 Å². The fourth-order valence-corrected chi connectivity index (χ4v) is 5.73. The summed E-state index contributed by atoms with van der Waals surface area (Å²) < 4.78 is 0. The first-order valence-corrected chi connectivity index (χ1v) is 11.7. The van der Waals surface area contributed by atoms with Crippen LogP contribution in [0.2, 0.25) is 0 Å². The van der Waals surface area contributed by atoms with Gasteiger partial charge in [-0.05, 0) is 62.5 Å². The third kappa shape index (κ3) is 3.35. The smallest absolute Gasteiger partial charge is 0.269 e. The Morgan fingerprint density at radius 3 is 2.69 bits per heavy atom. The molecule has 0 spiro atoms. The number of rotatable bonds is 6. The first-order valence-electron chi connectivity index (χ1n) is 10.8. The van der Waals surface area contributed by atoms with Crippen molar-refractivity contribution in [2.45, 2.75) is 77.7 Å². The molecule has 0 aliphatic heterocycles. The fraction of sp³-hybridized carbons (Fsp3) is 0.545. The van der Waals surface area contributed by atoms with Gasteiger partial charge in [0.05, 0.1) is 11.1 Å². The molecule has 0 atom stereocenters. The number of hydrogen-bond donors (Lipinski definition) is 2. The zero-order valence-electron chi connectivity index (χ0n) is 17.1. The molecule has 2 aliphatic rings. The van der Waals surface area contributed by atoms with E-state index >= 15 is 0 Å². The Kier molecular flexibility index (Phi) is 4.86. The van der Waals surface area contributed by atoms with Crippen LogP contribution in [0.5, 0.6) is 0 Å². The second-order valence-corrected chi connectivity index (χ2v) is 9.20. The third-order valence-corrected chi connectivity index (χ3v) is 7.36. The normalized spacial score (nSPS) is 16.2. The van der Waals surface area contributed by atoms with Crippen LogP contribution >= 0.6 is 11.3 Å². The number of nitrogens with one attached hydrogen (secondary N) is 2. The summed E-state index contributed by atoms with van der Waals surface area (Å²) in [5.74, 6) is 2.38. The summed E-state index contributed by atoms with van der Waals surface area (Å²) in [5, 5.41) is 11.6. The van der Waals surface area contributed by atoms with Gasteiger partial charge in [0.25, 0.3) is 5.56 Å². The summed E-state index contributed by atoms with van der Waals surface area (Å²) in [5.41, 5.74) is 4.14. The van der Waals surface area contributed by atoms with E-state index < -0.39 is 0 Å². The molecule has 5 rings (SSSR count). The average molecular weight is 410 g/mol. The lowest BCUT2D eigenvalue weighted by molar-refractivity contribution is 0.700. The van der Waals surface area contributed by atoms with Crippen molar-refractivity contribution in [3.05, 3.63) is 43.4 Å². The highest BCUT2D eigenvalue weighted by atomic mass is 32.1. The lowest BCUT2D eigenvalue weighted by Gasteiger charge is -2.15. The second-order valence-electron chi connectivity index (χ2n) is 8.11. The molecular weight excluding hydrogens is 382 g/mol. The van der Waals surface area contributed by atoms with Crippen molar-refractivity contribution in [2.75, 3.05) is 5.32 Å². The Balaban J connectivity index is 1.57. The molecule has 2 N–H and O–H groups in total. The molecule has 0 unspecified atom stereocenters. The molecule has 7 heteroatoms. The third-order valence-electron chi connectivity index (χ3n) is 6.17. The van der Waals surface area contributed by atoms with Gasteiger partial charge >= 0.3 is 0 Å². The topological polar surface area (TPSA) is 83.6 Å². The molecule has 2 aliphatic carbocycles. The summed E-state index contributed by atoms with van der Waals surface area (Å²) in [6.45, 7) is 4.63. The van der Waals surface area contributed by atoms with Gasteiger partial charge in [-0.15, -0.1) is 11.3 Å². The molecule has 1 saturated carbocycles. The van der Waals surface area contributed by atoms with E-state index in [-0.39, 0.29) is 5.56 Å². The lowest BCUT2D eigenvalue weighted by Crippen LogP contribution is -2.22. The van der Waals surface area contributed by atoms with Gasteiger partial charge in [-0.2, -0.15) is 5.10 Å². The van der Waals surface area contributed by atoms with E-state index in [4.69, 9.17) is 9.97 Å². The monoisotopic (exact) mass is 409 g/mol. The lowest BCUT2D eigenvalue weighted by atomic mass is 9.97. The number of aromatic nitrogens is 4.